The van der Waals surface area contributed by atoms with Gasteiger partial charge in [-0.15, -0.1) is 0 Å². The standard InChI is InChI=1S/C15H12FN3O/c1-11-9-12(7-8-14(11)16)19-15(18-10-17)20-13-5-3-2-4-6-13/h2-9H,1H3,(H,18,19). The summed E-state index contributed by atoms with van der Waals surface area (Å²) in [5.74, 6) is 0.246. The predicted octanol–water partition coefficient (Wildman–Crippen LogP) is 3.27. The molecule has 0 aliphatic heterocycles. The van der Waals surface area contributed by atoms with Gasteiger partial charge in [-0.3, -0.25) is 0 Å². The second-order valence-electron chi connectivity index (χ2n) is 4.00. The lowest BCUT2D eigenvalue weighted by molar-refractivity contribution is 0.531. The molecule has 0 saturated carbocycles. The molecule has 0 aliphatic carbocycles. The number of aryl methyl sites for hydroxylation is 1. The fourth-order valence-electron chi connectivity index (χ4n) is 1.54. The largest absolute Gasteiger partial charge is 0.425 e. The first kappa shape index (κ1) is 13.6. The number of para-hydroxylation sites is 1. The molecule has 5 heteroatoms. The van der Waals surface area contributed by atoms with Gasteiger partial charge in [-0.2, -0.15) is 10.3 Å². The summed E-state index contributed by atoms with van der Waals surface area (Å²) in [5.41, 5.74) is 0.972. The van der Waals surface area contributed by atoms with E-state index in [1.807, 2.05) is 6.07 Å². The molecule has 0 aliphatic rings. The van der Waals surface area contributed by atoms with Gasteiger partial charge in [-0.1, -0.05) is 18.2 Å². The van der Waals surface area contributed by atoms with Crippen molar-refractivity contribution in [1.29, 1.82) is 5.26 Å². The lowest BCUT2D eigenvalue weighted by Gasteiger charge is -2.06. The highest BCUT2D eigenvalue weighted by Gasteiger charge is 2.04. The molecule has 0 spiro atoms. The van der Waals surface area contributed by atoms with E-state index in [0.717, 1.165) is 0 Å². The van der Waals surface area contributed by atoms with Crippen LogP contribution in [0.3, 0.4) is 0 Å². The summed E-state index contributed by atoms with van der Waals surface area (Å²) >= 11 is 0. The highest BCUT2D eigenvalue weighted by molar-refractivity contribution is 5.80. The van der Waals surface area contributed by atoms with Crippen LogP contribution in [0.4, 0.5) is 10.1 Å². The second-order valence-corrected chi connectivity index (χ2v) is 4.00. The monoisotopic (exact) mass is 269 g/mol. The maximum absolute atomic E-state index is 13.2. The molecule has 20 heavy (non-hydrogen) atoms. The lowest BCUT2D eigenvalue weighted by Crippen LogP contribution is -2.23. The van der Waals surface area contributed by atoms with Crippen LogP contribution in [0, 0.1) is 24.2 Å². The number of nitrogens with zero attached hydrogens (tertiary/aromatic N) is 2. The maximum atomic E-state index is 13.2. The van der Waals surface area contributed by atoms with E-state index in [1.54, 1.807) is 43.4 Å². The summed E-state index contributed by atoms with van der Waals surface area (Å²) in [6.07, 6.45) is 1.75. The predicted molar refractivity (Wildman–Crippen MR) is 74.1 cm³/mol. The first-order valence-corrected chi connectivity index (χ1v) is 5.92. The summed E-state index contributed by atoms with van der Waals surface area (Å²) in [6, 6.07) is 13.4. The number of nitriles is 1. The molecular weight excluding hydrogens is 257 g/mol. The molecule has 0 fully saturated rings. The number of benzene rings is 2. The lowest BCUT2D eigenvalue weighted by atomic mass is 10.2. The number of hydrogen-bond donors (Lipinski definition) is 1. The van der Waals surface area contributed by atoms with Crippen molar-refractivity contribution in [3.63, 3.8) is 0 Å². The highest BCUT2D eigenvalue weighted by Crippen LogP contribution is 2.17. The number of rotatable bonds is 2. The second kappa shape index (κ2) is 6.34. The van der Waals surface area contributed by atoms with Crippen LogP contribution in [0.25, 0.3) is 0 Å². The van der Waals surface area contributed by atoms with Gasteiger partial charge in [0.15, 0.2) is 6.19 Å². The van der Waals surface area contributed by atoms with Crippen LogP contribution in [0.1, 0.15) is 5.56 Å². The van der Waals surface area contributed by atoms with Gasteiger partial charge in [0.25, 0.3) is 0 Å². The van der Waals surface area contributed by atoms with E-state index >= 15 is 0 Å². The number of ether oxygens (including phenoxy) is 1. The molecule has 1 N–H and O–H groups in total. The maximum Gasteiger partial charge on any atom is 0.309 e. The molecule has 100 valence electrons. The fraction of sp³-hybridized carbons (Fsp3) is 0.0667. The zero-order chi connectivity index (χ0) is 14.4. The van der Waals surface area contributed by atoms with Crippen molar-refractivity contribution >= 4 is 11.7 Å². The summed E-state index contributed by atoms with van der Waals surface area (Å²) in [4.78, 5) is 4.14. The number of aliphatic imine (C=N–C) groups is 1. The molecule has 0 radical (unpaired) electrons. The van der Waals surface area contributed by atoms with Gasteiger partial charge in [0, 0.05) is 0 Å². The van der Waals surface area contributed by atoms with Crippen LogP contribution >= 0.6 is 0 Å². The minimum Gasteiger partial charge on any atom is -0.425 e. The third kappa shape index (κ3) is 3.56. The topological polar surface area (TPSA) is 57.4 Å². The van der Waals surface area contributed by atoms with Gasteiger partial charge in [-0.25, -0.2) is 9.71 Å². The summed E-state index contributed by atoms with van der Waals surface area (Å²) in [5, 5.41) is 11.1. The van der Waals surface area contributed by atoms with Crippen LogP contribution in [-0.2, 0) is 0 Å². The number of nitrogens with one attached hydrogen (secondary N) is 1. The molecule has 2 aromatic carbocycles. The Bertz CT molecular complexity index is 663. The Morgan fingerprint density at radius 1 is 1.25 bits per heavy atom. The van der Waals surface area contributed by atoms with Crippen LogP contribution < -0.4 is 10.1 Å². The van der Waals surface area contributed by atoms with Crippen molar-refractivity contribution in [1.82, 2.24) is 5.32 Å². The van der Waals surface area contributed by atoms with Gasteiger partial charge in [0.1, 0.15) is 11.6 Å². The van der Waals surface area contributed by atoms with Crippen LogP contribution in [0.15, 0.2) is 53.5 Å². The molecule has 4 nitrogen and oxygen atoms in total. The van der Waals surface area contributed by atoms with Crippen molar-refractivity contribution in [2.24, 2.45) is 4.99 Å². The molecule has 2 aromatic rings. The van der Waals surface area contributed by atoms with Crippen LogP contribution in [0.2, 0.25) is 0 Å². The van der Waals surface area contributed by atoms with E-state index in [0.29, 0.717) is 17.0 Å². The summed E-state index contributed by atoms with van der Waals surface area (Å²) in [7, 11) is 0. The average Bonchev–Trinajstić information content (AvgIpc) is 2.44. The van der Waals surface area contributed by atoms with Gasteiger partial charge in [0.05, 0.1) is 5.69 Å². The van der Waals surface area contributed by atoms with Gasteiger partial charge in [0.2, 0.25) is 0 Å². The molecule has 0 bridgehead atoms. The molecule has 0 aromatic heterocycles. The zero-order valence-corrected chi connectivity index (χ0v) is 10.8. The Labute approximate surface area is 116 Å². The van der Waals surface area contributed by atoms with Crippen LogP contribution in [-0.4, -0.2) is 6.02 Å². The molecule has 0 amide bonds. The van der Waals surface area contributed by atoms with Gasteiger partial charge in [-0.05, 0) is 42.8 Å². The Balaban J connectivity index is 2.25. The number of amidine groups is 1. The Morgan fingerprint density at radius 2 is 2.00 bits per heavy atom. The third-order valence-electron chi connectivity index (χ3n) is 2.49. The van der Waals surface area contributed by atoms with Crippen molar-refractivity contribution in [2.45, 2.75) is 6.92 Å². The summed E-state index contributed by atoms with van der Waals surface area (Å²) < 4.78 is 18.6. The Morgan fingerprint density at radius 3 is 2.65 bits per heavy atom. The first-order valence-electron chi connectivity index (χ1n) is 5.92. The van der Waals surface area contributed by atoms with E-state index in [-0.39, 0.29) is 11.8 Å². The quantitative estimate of drug-likeness (QED) is 0.394. The number of hydrogen-bond acceptors (Lipinski definition) is 3. The highest BCUT2D eigenvalue weighted by atomic mass is 19.1. The van der Waals surface area contributed by atoms with Gasteiger partial charge < -0.3 is 4.74 Å². The molecule has 0 saturated heterocycles. The van der Waals surface area contributed by atoms with Crippen LogP contribution in [0.5, 0.6) is 5.75 Å². The minimum absolute atomic E-state index is 0.0321. The molecular formula is C15H12FN3O. The Hall–Kier alpha value is -2.87. The fourth-order valence-corrected chi connectivity index (χ4v) is 1.54. The third-order valence-corrected chi connectivity index (χ3v) is 2.49. The van der Waals surface area contributed by atoms with Crippen molar-refractivity contribution in [3.05, 3.63) is 59.9 Å². The smallest absolute Gasteiger partial charge is 0.309 e. The molecule has 0 unspecified atom stereocenters. The summed E-state index contributed by atoms with van der Waals surface area (Å²) in [6.45, 7) is 1.64. The van der Waals surface area contributed by atoms with E-state index in [4.69, 9.17) is 10.00 Å². The van der Waals surface area contributed by atoms with E-state index in [2.05, 4.69) is 10.3 Å². The zero-order valence-electron chi connectivity index (χ0n) is 10.8. The molecule has 0 heterocycles. The first-order chi connectivity index (χ1) is 9.69. The minimum atomic E-state index is -0.303. The van der Waals surface area contributed by atoms with Gasteiger partial charge >= 0.3 is 6.02 Å². The average molecular weight is 269 g/mol. The van der Waals surface area contributed by atoms with Crippen molar-refractivity contribution in [2.75, 3.05) is 0 Å². The SMILES string of the molecule is Cc1cc(N=C(NC#N)Oc2ccccc2)ccc1F. The van der Waals surface area contributed by atoms with E-state index in [1.165, 1.54) is 12.1 Å². The van der Waals surface area contributed by atoms with Crippen molar-refractivity contribution < 1.29 is 9.13 Å². The van der Waals surface area contributed by atoms with E-state index in [9.17, 15) is 4.39 Å². The Kier molecular flexibility index (Phi) is 4.30. The normalized spacial score (nSPS) is 10.8. The van der Waals surface area contributed by atoms with E-state index < -0.39 is 0 Å². The molecule has 0 atom stereocenters. The van der Waals surface area contributed by atoms with Crippen molar-refractivity contribution in [3.8, 4) is 11.9 Å². The number of halogens is 1. The molecule has 2 rings (SSSR count).